The Balaban J connectivity index is 2.41. The zero-order valence-electron chi connectivity index (χ0n) is 12.4. The van der Waals surface area contributed by atoms with Crippen LogP contribution in [0.4, 0.5) is 0 Å². The quantitative estimate of drug-likeness (QED) is 0.473. The number of allylic oxidation sites excluding steroid dienone is 1. The molecule has 1 fully saturated rings. The third-order valence-electron chi connectivity index (χ3n) is 4.05. The molecule has 1 rings (SSSR count). The first kappa shape index (κ1) is 17.2. The van der Waals surface area contributed by atoms with E-state index in [1.807, 2.05) is 12.2 Å². The molecule has 4 nitrogen and oxygen atoms in total. The highest BCUT2D eigenvalue weighted by molar-refractivity contribution is 5.68. The molecule has 0 bridgehead atoms. The van der Waals surface area contributed by atoms with Gasteiger partial charge in [0, 0.05) is 0 Å². The molecule has 1 aliphatic carbocycles. The van der Waals surface area contributed by atoms with E-state index in [1.165, 1.54) is 0 Å². The lowest BCUT2D eigenvalue weighted by atomic mass is 9.76. The Kier molecular flexibility index (Phi) is 7.24. The molecule has 0 aromatic heterocycles. The first-order valence-electron chi connectivity index (χ1n) is 7.76. The van der Waals surface area contributed by atoms with Gasteiger partial charge in [0.25, 0.3) is 0 Å². The highest BCUT2D eigenvalue weighted by atomic mass is 16.4. The van der Waals surface area contributed by atoms with Gasteiger partial charge in [0.2, 0.25) is 0 Å². The summed E-state index contributed by atoms with van der Waals surface area (Å²) in [5.74, 6) is -0.773. The molecule has 1 saturated carbocycles. The van der Waals surface area contributed by atoms with Crippen LogP contribution < -0.4 is 0 Å². The van der Waals surface area contributed by atoms with E-state index in [1.54, 1.807) is 0 Å². The van der Waals surface area contributed by atoms with Crippen LogP contribution >= 0.6 is 0 Å². The first-order valence-corrected chi connectivity index (χ1v) is 7.76. The lowest BCUT2D eigenvalue weighted by molar-refractivity contribution is -0.144. The van der Waals surface area contributed by atoms with Gasteiger partial charge in [-0.2, -0.15) is 0 Å². The number of aliphatic hydroxyl groups excluding tert-OH is 1. The van der Waals surface area contributed by atoms with Crippen molar-refractivity contribution < 1.29 is 20.1 Å². The standard InChI is InChI=1S/C16H28O4/c1-2-3-4-7-14(17)9-8-13-6-5-10-16(20,11-13)12-15(18)19/h8-9,13-14,17,20H,2-7,10-12H2,1H3,(H,18,19)/b9-8+/t13-,14?,16+/m1/s1. The van der Waals surface area contributed by atoms with E-state index in [0.717, 1.165) is 38.5 Å². The Morgan fingerprint density at radius 1 is 1.45 bits per heavy atom. The predicted molar refractivity (Wildman–Crippen MR) is 78.4 cm³/mol. The number of aliphatic carboxylic acids is 1. The average Bonchev–Trinajstić information content (AvgIpc) is 2.35. The lowest BCUT2D eigenvalue weighted by Crippen LogP contribution is -2.37. The van der Waals surface area contributed by atoms with Crippen LogP contribution in [0.3, 0.4) is 0 Å². The second-order valence-corrected chi connectivity index (χ2v) is 6.10. The Labute approximate surface area is 121 Å². The monoisotopic (exact) mass is 284 g/mol. The SMILES string of the molecule is CCCCCC(O)/C=C/[C@H]1CCC[C@@](O)(CC(=O)O)C1. The van der Waals surface area contributed by atoms with Crippen molar-refractivity contribution in [3.8, 4) is 0 Å². The first-order chi connectivity index (χ1) is 9.45. The minimum absolute atomic E-state index is 0.175. The summed E-state index contributed by atoms with van der Waals surface area (Å²) in [7, 11) is 0. The fourth-order valence-electron chi connectivity index (χ4n) is 2.98. The maximum atomic E-state index is 10.8. The molecule has 3 N–H and O–H groups in total. The highest BCUT2D eigenvalue weighted by Gasteiger charge is 2.35. The van der Waals surface area contributed by atoms with Gasteiger partial charge in [-0.25, -0.2) is 0 Å². The van der Waals surface area contributed by atoms with Crippen molar-refractivity contribution in [2.24, 2.45) is 5.92 Å². The van der Waals surface area contributed by atoms with Crippen molar-refractivity contribution in [2.75, 3.05) is 0 Å². The Morgan fingerprint density at radius 2 is 2.20 bits per heavy atom. The highest BCUT2D eigenvalue weighted by Crippen LogP contribution is 2.35. The van der Waals surface area contributed by atoms with Crippen LogP contribution in [0.5, 0.6) is 0 Å². The molecular weight excluding hydrogens is 256 g/mol. The molecule has 0 aliphatic heterocycles. The van der Waals surface area contributed by atoms with E-state index in [2.05, 4.69) is 6.92 Å². The van der Waals surface area contributed by atoms with Crippen LogP contribution in [-0.4, -0.2) is 33.0 Å². The molecule has 0 heterocycles. The van der Waals surface area contributed by atoms with E-state index in [4.69, 9.17) is 5.11 Å². The number of carboxylic acids is 1. The molecule has 3 atom stereocenters. The zero-order valence-corrected chi connectivity index (χ0v) is 12.4. The summed E-state index contributed by atoms with van der Waals surface area (Å²) >= 11 is 0. The zero-order chi connectivity index (χ0) is 15.0. The fourth-order valence-corrected chi connectivity index (χ4v) is 2.98. The summed E-state index contributed by atoms with van der Waals surface area (Å²) < 4.78 is 0. The summed E-state index contributed by atoms with van der Waals surface area (Å²) in [4.78, 5) is 10.8. The van der Waals surface area contributed by atoms with Crippen LogP contribution in [0.1, 0.15) is 64.7 Å². The minimum atomic E-state index is -1.08. The molecule has 0 saturated heterocycles. The van der Waals surface area contributed by atoms with Gasteiger partial charge in [0.1, 0.15) is 0 Å². The Morgan fingerprint density at radius 3 is 2.85 bits per heavy atom. The second kappa shape index (κ2) is 8.42. The molecule has 0 amide bonds. The largest absolute Gasteiger partial charge is 0.481 e. The smallest absolute Gasteiger partial charge is 0.306 e. The number of carbonyl (C=O) groups is 1. The van der Waals surface area contributed by atoms with Crippen LogP contribution in [-0.2, 0) is 4.79 Å². The number of unbranched alkanes of at least 4 members (excludes halogenated alkanes) is 2. The van der Waals surface area contributed by atoms with Crippen molar-refractivity contribution in [3.05, 3.63) is 12.2 Å². The van der Waals surface area contributed by atoms with Crippen LogP contribution in [0, 0.1) is 5.92 Å². The second-order valence-electron chi connectivity index (χ2n) is 6.10. The van der Waals surface area contributed by atoms with Gasteiger partial charge in [-0.05, 0) is 38.0 Å². The lowest BCUT2D eigenvalue weighted by Gasteiger charge is -2.34. The van der Waals surface area contributed by atoms with Crippen LogP contribution in [0.25, 0.3) is 0 Å². The van der Waals surface area contributed by atoms with Gasteiger partial charge in [0.15, 0.2) is 0 Å². The summed E-state index contributed by atoms with van der Waals surface area (Å²) in [6.45, 7) is 2.13. The molecule has 1 unspecified atom stereocenters. The summed E-state index contributed by atoms with van der Waals surface area (Å²) in [5, 5.41) is 28.9. The molecule has 0 aromatic carbocycles. The minimum Gasteiger partial charge on any atom is -0.481 e. The summed E-state index contributed by atoms with van der Waals surface area (Å²) in [5.41, 5.74) is -1.08. The molecule has 20 heavy (non-hydrogen) atoms. The topological polar surface area (TPSA) is 77.8 Å². The molecule has 1 aliphatic rings. The van der Waals surface area contributed by atoms with Crippen molar-refractivity contribution in [2.45, 2.75) is 76.4 Å². The number of hydrogen-bond donors (Lipinski definition) is 3. The van der Waals surface area contributed by atoms with E-state index in [-0.39, 0.29) is 12.3 Å². The maximum absolute atomic E-state index is 10.8. The van der Waals surface area contributed by atoms with Crippen LogP contribution in [0.2, 0.25) is 0 Å². The molecule has 0 radical (unpaired) electrons. The van der Waals surface area contributed by atoms with Gasteiger partial charge in [-0.15, -0.1) is 0 Å². The van der Waals surface area contributed by atoms with Gasteiger partial charge >= 0.3 is 5.97 Å². The van der Waals surface area contributed by atoms with Gasteiger partial charge in [0.05, 0.1) is 18.1 Å². The fraction of sp³-hybridized carbons (Fsp3) is 0.812. The maximum Gasteiger partial charge on any atom is 0.306 e. The molecule has 4 heteroatoms. The van der Waals surface area contributed by atoms with E-state index in [0.29, 0.717) is 12.8 Å². The van der Waals surface area contributed by atoms with E-state index < -0.39 is 17.7 Å². The van der Waals surface area contributed by atoms with E-state index >= 15 is 0 Å². The molecular formula is C16H28O4. The Bertz CT molecular complexity index is 326. The predicted octanol–water partition coefficient (Wildman–Crippen LogP) is 2.88. The molecule has 0 aromatic rings. The normalized spacial score (nSPS) is 28.6. The van der Waals surface area contributed by atoms with E-state index in [9.17, 15) is 15.0 Å². The summed E-state index contributed by atoms with van der Waals surface area (Å²) in [6, 6.07) is 0. The average molecular weight is 284 g/mol. The Hall–Kier alpha value is -0.870. The number of aliphatic hydroxyl groups is 2. The van der Waals surface area contributed by atoms with Crippen molar-refractivity contribution >= 4 is 5.97 Å². The number of rotatable bonds is 8. The van der Waals surface area contributed by atoms with Crippen molar-refractivity contribution in [1.82, 2.24) is 0 Å². The third-order valence-corrected chi connectivity index (χ3v) is 4.05. The number of hydrogen-bond acceptors (Lipinski definition) is 3. The molecule has 0 spiro atoms. The van der Waals surface area contributed by atoms with Gasteiger partial charge in [-0.1, -0.05) is 38.3 Å². The van der Waals surface area contributed by atoms with Crippen LogP contribution in [0.15, 0.2) is 12.2 Å². The number of carboxylic acid groups (broad SMARTS) is 1. The van der Waals surface area contributed by atoms with Gasteiger partial charge < -0.3 is 15.3 Å². The van der Waals surface area contributed by atoms with Crippen molar-refractivity contribution in [3.63, 3.8) is 0 Å². The van der Waals surface area contributed by atoms with Gasteiger partial charge in [-0.3, -0.25) is 4.79 Å². The summed E-state index contributed by atoms with van der Waals surface area (Å²) in [6.07, 6.45) is 10.1. The molecule has 116 valence electrons. The third kappa shape index (κ3) is 6.53. The van der Waals surface area contributed by atoms with Crippen molar-refractivity contribution in [1.29, 1.82) is 0 Å².